The van der Waals surface area contributed by atoms with E-state index in [0.29, 0.717) is 19.3 Å². The maximum Gasteiger partial charge on any atom is 0.335 e. The fraction of sp³-hybridized carbons (Fsp3) is 0.701. The Hall–Kier alpha value is -4.36. The van der Waals surface area contributed by atoms with E-state index in [1.54, 1.807) is 12.2 Å². The molecule has 12 nitrogen and oxygen atoms in total. The van der Waals surface area contributed by atoms with Crippen LogP contribution in [-0.4, -0.2) is 89.2 Å². The zero-order chi connectivity index (χ0) is 57.5. The van der Waals surface area contributed by atoms with Gasteiger partial charge in [-0.3, -0.25) is 14.4 Å². The first-order valence-electron chi connectivity index (χ1n) is 31.2. The van der Waals surface area contributed by atoms with Crippen LogP contribution in [0.5, 0.6) is 0 Å². The van der Waals surface area contributed by atoms with Gasteiger partial charge < -0.3 is 39.0 Å². The van der Waals surface area contributed by atoms with Gasteiger partial charge in [-0.25, -0.2) is 4.79 Å². The molecule has 0 aromatic heterocycles. The van der Waals surface area contributed by atoms with Gasteiger partial charge in [0.25, 0.3) is 0 Å². The first-order chi connectivity index (χ1) is 38.6. The van der Waals surface area contributed by atoms with Crippen molar-refractivity contribution in [2.45, 2.75) is 289 Å². The topological polar surface area (TPSA) is 175 Å². The van der Waals surface area contributed by atoms with Crippen molar-refractivity contribution >= 4 is 23.9 Å². The maximum atomic E-state index is 13.2. The lowest BCUT2D eigenvalue weighted by Gasteiger charge is -2.40. The van der Waals surface area contributed by atoms with Crippen molar-refractivity contribution in [1.29, 1.82) is 0 Å². The molecule has 1 rings (SSSR count). The Morgan fingerprint density at radius 3 is 1.32 bits per heavy atom. The first kappa shape index (κ1) is 72.7. The Morgan fingerprint density at radius 1 is 0.443 bits per heavy atom. The minimum atomic E-state index is -1.94. The summed E-state index contributed by atoms with van der Waals surface area (Å²) in [7, 11) is 0. The number of unbranched alkanes of at least 4 members (excludes halogenated alkanes) is 23. The zero-order valence-electron chi connectivity index (χ0n) is 49.6. The molecular formula is C67H110O12. The molecular weight excluding hydrogens is 997 g/mol. The molecule has 0 aromatic carbocycles. The van der Waals surface area contributed by atoms with Gasteiger partial charge in [-0.05, 0) is 103 Å². The molecule has 1 fully saturated rings. The van der Waals surface area contributed by atoms with Crippen molar-refractivity contribution < 1.29 is 58.2 Å². The Kier molecular flexibility index (Phi) is 49.9. The number of carbonyl (C=O) groups is 4. The number of aliphatic carboxylic acids is 1. The molecule has 450 valence electrons. The van der Waals surface area contributed by atoms with Crippen LogP contribution in [0.2, 0.25) is 0 Å². The van der Waals surface area contributed by atoms with Crippen LogP contribution < -0.4 is 0 Å². The predicted molar refractivity (Wildman–Crippen MR) is 321 cm³/mol. The Bertz CT molecular complexity index is 1740. The van der Waals surface area contributed by atoms with Crippen LogP contribution in [-0.2, 0) is 42.9 Å². The summed E-state index contributed by atoms with van der Waals surface area (Å²) in [5.74, 6) is -3.30. The maximum absolute atomic E-state index is 13.2. The third-order valence-corrected chi connectivity index (χ3v) is 13.6. The lowest BCUT2D eigenvalue weighted by Crippen LogP contribution is -2.61. The predicted octanol–water partition coefficient (Wildman–Crippen LogP) is 16.5. The number of aliphatic hydroxyl groups is 2. The van der Waals surface area contributed by atoms with E-state index in [2.05, 4.69) is 93.7 Å². The number of allylic oxidation sites excluding steroid dienone is 15. The highest BCUT2D eigenvalue weighted by Crippen LogP contribution is 2.26. The number of hydrogen-bond donors (Lipinski definition) is 3. The normalized spacial score (nSPS) is 18.5. The minimum Gasteiger partial charge on any atom is -0.479 e. The van der Waals surface area contributed by atoms with Gasteiger partial charge in [0.15, 0.2) is 24.6 Å². The number of aliphatic hydroxyl groups excluding tert-OH is 2. The smallest absolute Gasteiger partial charge is 0.335 e. The van der Waals surface area contributed by atoms with E-state index < -0.39 is 67.3 Å². The van der Waals surface area contributed by atoms with E-state index in [1.807, 2.05) is 12.2 Å². The van der Waals surface area contributed by atoms with Crippen molar-refractivity contribution in [2.75, 3.05) is 13.2 Å². The van der Waals surface area contributed by atoms with Crippen molar-refractivity contribution in [1.82, 2.24) is 0 Å². The quantitative estimate of drug-likeness (QED) is 0.0228. The molecule has 1 saturated heterocycles. The molecule has 1 aliphatic heterocycles. The van der Waals surface area contributed by atoms with Crippen LogP contribution in [0.1, 0.15) is 252 Å². The summed E-state index contributed by atoms with van der Waals surface area (Å²) in [6.07, 6.45) is 59.7. The van der Waals surface area contributed by atoms with Gasteiger partial charge in [-0.1, -0.05) is 227 Å². The summed E-state index contributed by atoms with van der Waals surface area (Å²) in [5, 5.41) is 31.5. The van der Waals surface area contributed by atoms with E-state index in [4.69, 9.17) is 23.7 Å². The molecule has 0 aliphatic carbocycles. The number of rotatable bonds is 52. The summed E-state index contributed by atoms with van der Waals surface area (Å²) in [5.41, 5.74) is 0. The number of hydrogen-bond acceptors (Lipinski definition) is 11. The van der Waals surface area contributed by atoms with Crippen molar-refractivity contribution in [3.05, 3.63) is 97.2 Å². The molecule has 79 heavy (non-hydrogen) atoms. The van der Waals surface area contributed by atoms with Crippen molar-refractivity contribution in [2.24, 2.45) is 0 Å². The standard InChI is InChI=1S/C67H110O12/c1-4-7-10-13-16-19-22-25-28-29-30-31-34-35-38-41-44-47-50-53-59(68)75-56-58(77-60(69)54-51-48-45-42-39-36-32-26-23-20-17-14-11-8-5-2)57-76-67-65(63(72)62(71)64(79-67)66(73)74)78-61(70)55-52-49-46-43-40-37-33-27-24-21-18-15-12-9-6-3/h9,12,17-18,20-21,25-28,32-33,40,43,49,52,58,62-65,67,71-72H,4-8,10-11,13-16,19,22-24,29-31,34-39,41-42,44-48,50-51,53-57H2,1-3H3,(H,73,74)/b12-9-,20-17-,21-18-,28-25-,32-26-,33-27-,43-40-,52-49-. The highest BCUT2D eigenvalue weighted by Gasteiger charge is 2.50. The van der Waals surface area contributed by atoms with Crippen molar-refractivity contribution in [3.8, 4) is 0 Å². The molecule has 0 aromatic rings. The van der Waals surface area contributed by atoms with Crippen LogP contribution in [0.4, 0.5) is 0 Å². The summed E-state index contributed by atoms with van der Waals surface area (Å²) in [4.78, 5) is 51.2. The second-order valence-corrected chi connectivity index (χ2v) is 21.0. The third kappa shape index (κ3) is 44.0. The third-order valence-electron chi connectivity index (χ3n) is 13.6. The Morgan fingerprint density at radius 2 is 0.835 bits per heavy atom. The number of carboxylic acid groups (broad SMARTS) is 1. The second-order valence-electron chi connectivity index (χ2n) is 21.0. The van der Waals surface area contributed by atoms with Crippen LogP contribution >= 0.6 is 0 Å². The fourth-order valence-corrected chi connectivity index (χ4v) is 8.88. The SMILES string of the molecule is CC/C=C\C/C=C\C/C=C\C/C=C\C/C=C\CC(=O)OC1C(OCC(COC(=O)CCCCCCCCCCC/C=C\CCCCCCCC)OC(=O)CCCCCCC/C=C\C/C=C\CCCCC)OC(C(=O)O)C(O)C1O. The molecule has 6 atom stereocenters. The molecule has 1 heterocycles. The van der Waals surface area contributed by atoms with Gasteiger partial charge in [0.05, 0.1) is 13.0 Å². The Balaban J connectivity index is 2.72. The molecule has 3 N–H and O–H groups in total. The zero-order valence-corrected chi connectivity index (χ0v) is 49.6. The molecule has 12 heteroatoms. The number of ether oxygens (including phenoxy) is 5. The fourth-order valence-electron chi connectivity index (χ4n) is 8.88. The number of carboxylic acids is 1. The van der Waals surface area contributed by atoms with Crippen LogP contribution in [0, 0.1) is 0 Å². The molecule has 0 spiro atoms. The van der Waals surface area contributed by atoms with Gasteiger partial charge in [0.2, 0.25) is 0 Å². The monoisotopic (exact) mass is 1110 g/mol. The van der Waals surface area contributed by atoms with Gasteiger partial charge in [-0.2, -0.15) is 0 Å². The Labute approximate surface area is 479 Å². The molecule has 6 unspecified atom stereocenters. The van der Waals surface area contributed by atoms with Gasteiger partial charge in [-0.15, -0.1) is 0 Å². The van der Waals surface area contributed by atoms with Crippen LogP contribution in [0.25, 0.3) is 0 Å². The second kappa shape index (κ2) is 54.2. The summed E-state index contributed by atoms with van der Waals surface area (Å²) < 4.78 is 28.3. The van der Waals surface area contributed by atoms with E-state index in [0.717, 1.165) is 89.9 Å². The number of esters is 3. The molecule has 0 bridgehead atoms. The van der Waals surface area contributed by atoms with E-state index in [1.165, 1.54) is 103 Å². The van der Waals surface area contributed by atoms with Crippen LogP contribution in [0.15, 0.2) is 97.2 Å². The van der Waals surface area contributed by atoms with E-state index in [-0.39, 0.29) is 25.9 Å². The summed E-state index contributed by atoms with van der Waals surface area (Å²) in [6.45, 7) is 5.80. The van der Waals surface area contributed by atoms with Crippen molar-refractivity contribution in [3.63, 3.8) is 0 Å². The summed E-state index contributed by atoms with van der Waals surface area (Å²) in [6, 6.07) is 0. The van der Waals surface area contributed by atoms with Gasteiger partial charge in [0, 0.05) is 12.8 Å². The first-order valence-corrected chi connectivity index (χ1v) is 31.2. The largest absolute Gasteiger partial charge is 0.479 e. The number of carbonyl (C=O) groups excluding carboxylic acids is 3. The van der Waals surface area contributed by atoms with Gasteiger partial charge in [0.1, 0.15) is 18.8 Å². The lowest BCUT2D eigenvalue weighted by molar-refractivity contribution is -0.301. The molecule has 0 radical (unpaired) electrons. The highest BCUT2D eigenvalue weighted by molar-refractivity contribution is 5.74. The molecule has 1 aliphatic rings. The van der Waals surface area contributed by atoms with E-state index in [9.17, 15) is 34.5 Å². The molecule has 0 amide bonds. The average Bonchev–Trinajstić information content (AvgIpc) is 3.44. The van der Waals surface area contributed by atoms with Crippen LogP contribution in [0.3, 0.4) is 0 Å². The highest BCUT2D eigenvalue weighted by atomic mass is 16.7. The average molecular weight is 1110 g/mol. The molecule has 0 saturated carbocycles. The van der Waals surface area contributed by atoms with E-state index >= 15 is 0 Å². The minimum absolute atomic E-state index is 0.133. The van der Waals surface area contributed by atoms with Gasteiger partial charge >= 0.3 is 23.9 Å². The lowest BCUT2D eigenvalue weighted by atomic mass is 9.98. The summed E-state index contributed by atoms with van der Waals surface area (Å²) >= 11 is 0.